The molecule has 26 heavy (non-hydrogen) atoms. The standard InChI is InChI=1S/C19H20N2O3S2/c1-12-4-5-15(8-13(12)2)25-7-6-18(23)24-10-17(22)16(9-20)19-21-14(3)11-26-19/h4-5,8,11,16H,6-7,10H2,1-3H3/t16-/m1/s1. The molecule has 0 aliphatic carbocycles. The number of aryl methyl sites for hydroxylation is 3. The Morgan fingerprint density at radius 1 is 1.31 bits per heavy atom. The number of nitriles is 1. The number of benzene rings is 1. The number of ether oxygens (including phenoxy) is 1. The van der Waals surface area contributed by atoms with Crippen LogP contribution in [0.4, 0.5) is 0 Å². The Hall–Kier alpha value is -2.17. The van der Waals surface area contributed by atoms with Gasteiger partial charge >= 0.3 is 5.97 Å². The molecule has 0 spiro atoms. The zero-order valence-corrected chi connectivity index (χ0v) is 16.6. The molecule has 1 heterocycles. The molecular weight excluding hydrogens is 368 g/mol. The Morgan fingerprint density at radius 2 is 2.08 bits per heavy atom. The molecule has 1 atom stereocenters. The van der Waals surface area contributed by atoms with Gasteiger partial charge in [0.2, 0.25) is 0 Å². The van der Waals surface area contributed by atoms with Gasteiger partial charge in [-0.15, -0.1) is 23.1 Å². The number of rotatable bonds is 8. The predicted octanol–water partition coefficient (Wildman–Crippen LogP) is 3.97. The van der Waals surface area contributed by atoms with Crippen LogP contribution in [-0.4, -0.2) is 29.1 Å². The van der Waals surface area contributed by atoms with Crippen molar-refractivity contribution < 1.29 is 14.3 Å². The van der Waals surface area contributed by atoms with Crippen molar-refractivity contribution in [1.82, 2.24) is 4.98 Å². The van der Waals surface area contributed by atoms with E-state index in [2.05, 4.69) is 31.0 Å². The average Bonchev–Trinajstić information content (AvgIpc) is 3.03. The van der Waals surface area contributed by atoms with Crippen LogP contribution in [0, 0.1) is 32.1 Å². The fourth-order valence-electron chi connectivity index (χ4n) is 2.13. The number of thioether (sulfide) groups is 1. The van der Waals surface area contributed by atoms with Crippen LogP contribution in [0.3, 0.4) is 0 Å². The van der Waals surface area contributed by atoms with Gasteiger partial charge in [-0.1, -0.05) is 6.07 Å². The monoisotopic (exact) mass is 388 g/mol. The van der Waals surface area contributed by atoms with Gasteiger partial charge in [0, 0.05) is 21.7 Å². The molecule has 7 heteroatoms. The fraction of sp³-hybridized carbons (Fsp3) is 0.368. The Bertz CT molecular complexity index is 840. The average molecular weight is 389 g/mol. The van der Waals surface area contributed by atoms with Crippen LogP contribution < -0.4 is 0 Å². The quantitative estimate of drug-likeness (QED) is 0.503. The molecule has 2 aromatic rings. The van der Waals surface area contributed by atoms with E-state index in [1.165, 1.54) is 22.5 Å². The van der Waals surface area contributed by atoms with E-state index in [1.807, 2.05) is 12.1 Å². The summed E-state index contributed by atoms with van der Waals surface area (Å²) >= 11 is 2.83. The van der Waals surface area contributed by atoms with Crippen molar-refractivity contribution in [2.24, 2.45) is 0 Å². The molecule has 0 saturated heterocycles. The Kier molecular flexibility index (Phi) is 7.37. The van der Waals surface area contributed by atoms with E-state index in [9.17, 15) is 14.9 Å². The van der Waals surface area contributed by atoms with Crippen molar-refractivity contribution in [2.75, 3.05) is 12.4 Å². The number of hydrogen-bond acceptors (Lipinski definition) is 7. The normalized spacial score (nSPS) is 11.6. The summed E-state index contributed by atoms with van der Waals surface area (Å²) in [6.07, 6.45) is 0.207. The number of Topliss-reactive ketones (excluding diaryl/α,β-unsaturated/α-hetero) is 1. The summed E-state index contributed by atoms with van der Waals surface area (Å²) in [5.41, 5.74) is 3.20. The number of aromatic nitrogens is 1. The molecule has 0 fully saturated rings. The van der Waals surface area contributed by atoms with Crippen molar-refractivity contribution in [3.05, 3.63) is 45.4 Å². The summed E-state index contributed by atoms with van der Waals surface area (Å²) in [6.45, 7) is 5.50. The third-order valence-corrected chi connectivity index (χ3v) is 5.79. The molecule has 1 aromatic heterocycles. The van der Waals surface area contributed by atoms with Crippen molar-refractivity contribution in [2.45, 2.75) is 38.0 Å². The molecule has 0 unspecified atom stereocenters. The minimum absolute atomic E-state index is 0.207. The molecule has 0 saturated carbocycles. The minimum atomic E-state index is -0.980. The number of carbonyl (C=O) groups excluding carboxylic acids is 2. The number of hydrogen-bond donors (Lipinski definition) is 0. The molecule has 0 N–H and O–H groups in total. The van der Waals surface area contributed by atoms with E-state index < -0.39 is 24.3 Å². The van der Waals surface area contributed by atoms with Gasteiger partial charge in [0.1, 0.15) is 5.01 Å². The van der Waals surface area contributed by atoms with E-state index in [1.54, 1.807) is 24.1 Å². The summed E-state index contributed by atoms with van der Waals surface area (Å²) in [5.74, 6) is -1.30. The number of carbonyl (C=O) groups is 2. The van der Waals surface area contributed by atoms with E-state index in [0.29, 0.717) is 10.8 Å². The van der Waals surface area contributed by atoms with Gasteiger partial charge in [-0.3, -0.25) is 9.59 Å². The fourth-order valence-corrected chi connectivity index (χ4v) is 3.92. The van der Waals surface area contributed by atoms with Crippen LogP contribution in [0.15, 0.2) is 28.5 Å². The van der Waals surface area contributed by atoms with Crippen LogP contribution in [0.2, 0.25) is 0 Å². The summed E-state index contributed by atoms with van der Waals surface area (Å²) in [6, 6.07) is 8.09. The lowest BCUT2D eigenvalue weighted by atomic mass is 10.1. The van der Waals surface area contributed by atoms with E-state index >= 15 is 0 Å². The first-order chi connectivity index (χ1) is 12.4. The number of thiazole rings is 1. The molecule has 2 rings (SSSR count). The van der Waals surface area contributed by atoms with Crippen LogP contribution in [0.5, 0.6) is 0 Å². The number of nitrogens with zero attached hydrogens (tertiary/aromatic N) is 2. The van der Waals surface area contributed by atoms with Crippen LogP contribution in [0.1, 0.15) is 34.2 Å². The summed E-state index contributed by atoms with van der Waals surface area (Å²) in [4.78, 5) is 29.2. The molecule has 0 aliphatic heterocycles. The second kappa shape index (κ2) is 9.51. The predicted molar refractivity (Wildman–Crippen MR) is 102 cm³/mol. The summed E-state index contributed by atoms with van der Waals surface area (Å²) in [5, 5.41) is 11.4. The summed E-state index contributed by atoms with van der Waals surface area (Å²) in [7, 11) is 0. The van der Waals surface area contributed by atoms with E-state index in [-0.39, 0.29) is 6.42 Å². The number of esters is 1. The maximum absolute atomic E-state index is 12.1. The van der Waals surface area contributed by atoms with E-state index in [4.69, 9.17) is 4.74 Å². The smallest absolute Gasteiger partial charge is 0.307 e. The van der Waals surface area contributed by atoms with Gasteiger partial charge in [0.15, 0.2) is 18.3 Å². The second-order valence-corrected chi connectivity index (χ2v) is 7.92. The zero-order chi connectivity index (χ0) is 19.1. The highest BCUT2D eigenvalue weighted by molar-refractivity contribution is 7.99. The van der Waals surface area contributed by atoms with Crippen LogP contribution in [-0.2, 0) is 14.3 Å². The molecule has 5 nitrogen and oxygen atoms in total. The van der Waals surface area contributed by atoms with E-state index in [0.717, 1.165) is 10.6 Å². The van der Waals surface area contributed by atoms with Gasteiger partial charge in [0.05, 0.1) is 12.5 Å². The Balaban J connectivity index is 1.76. The highest BCUT2D eigenvalue weighted by atomic mass is 32.2. The molecular formula is C19H20N2O3S2. The van der Waals surface area contributed by atoms with Crippen molar-refractivity contribution >= 4 is 34.9 Å². The van der Waals surface area contributed by atoms with Gasteiger partial charge in [0.25, 0.3) is 0 Å². The first-order valence-corrected chi connectivity index (χ1v) is 9.97. The molecule has 0 bridgehead atoms. The first-order valence-electron chi connectivity index (χ1n) is 8.10. The largest absolute Gasteiger partial charge is 0.458 e. The molecule has 0 aliphatic rings. The topological polar surface area (TPSA) is 80.0 Å². The molecule has 0 radical (unpaired) electrons. The van der Waals surface area contributed by atoms with Gasteiger partial charge in [-0.2, -0.15) is 5.26 Å². The van der Waals surface area contributed by atoms with Gasteiger partial charge < -0.3 is 4.74 Å². The third kappa shape index (κ3) is 5.68. The lowest BCUT2D eigenvalue weighted by molar-refractivity contribution is -0.147. The molecule has 0 amide bonds. The van der Waals surface area contributed by atoms with Crippen molar-refractivity contribution in [3.8, 4) is 6.07 Å². The maximum Gasteiger partial charge on any atom is 0.307 e. The van der Waals surface area contributed by atoms with Gasteiger partial charge in [-0.25, -0.2) is 4.98 Å². The highest BCUT2D eigenvalue weighted by Crippen LogP contribution is 2.22. The minimum Gasteiger partial charge on any atom is -0.458 e. The van der Waals surface area contributed by atoms with Crippen LogP contribution >= 0.6 is 23.1 Å². The van der Waals surface area contributed by atoms with Crippen molar-refractivity contribution in [1.29, 1.82) is 5.26 Å². The highest BCUT2D eigenvalue weighted by Gasteiger charge is 2.24. The molecule has 136 valence electrons. The van der Waals surface area contributed by atoms with Gasteiger partial charge in [-0.05, 0) is 44.0 Å². The SMILES string of the molecule is Cc1csc([C@H](C#N)C(=O)COC(=O)CCSc2ccc(C)c(C)c2)n1. The Labute approximate surface area is 161 Å². The lowest BCUT2D eigenvalue weighted by Crippen LogP contribution is -2.20. The molecule has 1 aromatic carbocycles. The third-order valence-electron chi connectivity index (χ3n) is 3.76. The zero-order valence-electron chi connectivity index (χ0n) is 14.9. The van der Waals surface area contributed by atoms with Crippen molar-refractivity contribution in [3.63, 3.8) is 0 Å². The Morgan fingerprint density at radius 3 is 2.69 bits per heavy atom. The number of ketones is 1. The second-order valence-electron chi connectivity index (χ2n) is 5.86. The maximum atomic E-state index is 12.1. The lowest BCUT2D eigenvalue weighted by Gasteiger charge is -2.07. The van der Waals surface area contributed by atoms with Crippen LogP contribution in [0.25, 0.3) is 0 Å². The summed E-state index contributed by atoms with van der Waals surface area (Å²) < 4.78 is 5.02. The first kappa shape index (κ1) is 20.1.